The van der Waals surface area contributed by atoms with E-state index in [4.69, 9.17) is 16.3 Å². The summed E-state index contributed by atoms with van der Waals surface area (Å²) in [6, 6.07) is 3.48. The van der Waals surface area contributed by atoms with Crippen LogP contribution in [0.1, 0.15) is 12.6 Å². The van der Waals surface area contributed by atoms with Crippen LogP contribution in [0.2, 0.25) is 5.02 Å². The molecular weight excluding hydrogens is 298 g/mol. The first-order valence-corrected chi connectivity index (χ1v) is 7.31. The number of carbonyl (C=O) groups is 1. The zero-order valence-corrected chi connectivity index (χ0v) is 12.7. The Morgan fingerprint density at radius 3 is 3.00 bits per heavy atom. The van der Waals surface area contributed by atoms with Gasteiger partial charge in [0.1, 0.15) is 0 Å². The van der Waals surface area contributed by atoms with Crippen LogP contribution in [0.3, 0.4) is 0 Å². The van der Waals surface area contributed by atoms with E-state index < -0.39 is 0 Å². The van der Waals surface area contributed by atoms with Crippen molar-refractivity contribution in [3.8, 4) is 0 Å². The molecule has 2 rings (SSSR count). The Balaban J connectivity index is 2.24. The minimum atomic E-state index is -0.239. The number of rotatable bonds is 4. The molecule has 0 fully saturated rings. The van der Waals surface area contributed by atoms with Crippen LogP contribution in [-0.2, 0) is 23.0 Å². The summed E-state index contributed by atoms with van der Waals surface area (Å²) in [7, 11) is 1.86. The molecular formula is C13H14ClN3O2S. The van der Waals surface area contributed by atoms with Gasteiger partial charge in [-0.3, -0.25) is 4.79 Å². The minimum absolute atomic E-state index is 0.239. The topological polar surface area (TPSA) is 56.5 Å². The number of carbonyl (C=O) groups excluding carboxylic acids is 1. The molecule has 0 aliphatic rings. The Bertz CT molecular complexity index is 661. The van der Waals surface area contributed by atoms with Crippen molar-refractivity contribution in [1.82, 2.24) is 9.55 Å². The summed E-state index contributed by atoms with van der Waals surface area (Å²) in [5.74, 6) is 0.339. The third-order valence-electron chi connectivity index (χ3n) is 2.57. The molecule has 0 atom stereocenters. The monoisotopic (exact) mass is 311 g/mol. The lowest BCUT2D eigenvalue weighted by Crippen LogP contribution is -2.16. The molecule has 20 heavy (non-hydrogen) atoms. The number of esters is 1. The highest BCUT2D eigenvalue weighted by Crippen LogP contribution is 2.12. The maximum absolute atomic E-state index is 11.5. The molecule has 106 valence electrons. The predicted octanol–water partition coefficient (Wildman–Crippen LogP) is 2.47. The number of ether oxygens (including phenoxy) is 1. The van der Waals surface area contributed by atoms with E-state index in [0.29, 0.717) is 17.4 Å². The second kappa shape index (κ2) is 6.67. The molecule has 0 spiro atoms. The minimum Gasteiger partial charge on any atom is -0.466 e. The van der Waals surface area contributed by atoms with Crippen LogP contribution in [0.5, 0.6) is 0 Å². The maximum atomic E-state index is 11.5. The first kappa shape index (κ1) is 14.7. The number of thiazole rings is 1. The quantitative estimate of drug-likeness (QED) is 0.815. The van der Waals surface area contributed by atoms with E-state index in [0.717, 1.165) is 10.5 Å². The van der Waals surface area contributed by atoms with Crippen LogP contribution < -0.4 is 4.80 Å². The van der Waals surface area contributed by atoms with Crippen molar-refractivity contribution in [1.29, 1.82) is 0 Å². The van der Waals surface area contributed by atoms with Gasteiger partial charge in [0.2, 0.25) is 0 Å². The van der Waals surface area contributed by atoms with Crippen LogP contribution in [0.25, 0.3) is 0 Å². The Labute approximate surface area is 125 Å². The molecule has 0 aromatic carbocycles. The van der Waals surface area contributed by atoms with Crippen LogP contribution in [0, 0.1) is 0 Å². The van der Waals surface area contributed by atoms with E-state index in [9.17, 15) is 4.79 Å². The number of hydrogen-bond acceptors (Lipinski definition) is 5. The normalized spacial score (nSPS) is 11.7. The molecule has 0 bridgehead atoms. The van der Waals surface area contributed by atoms with Crippen molar-refractivity contribution in [2.45, 2.75) is 13.3 Å². The van der Waals surface area contributed by atoms with Gasteiger partial charge in [-0.25, -0.2) is 9.98 Å². The fraction of sp³-hybridized carbons (Fsp3) is 0.308. The molecule has 0 saturated carbocycles. The molecule has 2 heterocycles. The number of pyridine rings is 1. The summed E-state index contributed by atoms with van der Waals surface area (Å²) in [6.07, 6.45) is 1.79. The van der Waals surface area contributed by atoms with E-state index >= 15 is 0 Å². The smallest absolute Gasteiger partial charge is 0.311 e. The Hall–Kier alpha value is -1.66. The van der Waals surface area contributed by atoms with Gasteiger partial charge in [-0.15, -0.1) is 11.3 Å². The van der Waals surface area contributed by atoms with Gasteiger partial charge in [-0.1, -0.05) is 11.6 Å². The molecule has 0 amide bonds. The van der Waals surface area contributed by atoms with E-state index in [1.807, 2.05) is 17.0 Å². The number of nitrogens with zero attached hydrogens (tertiary/aromatic N) is 3. The van der Waals surface area contributed by atoms with Crippen LogP contribution in [0.15, 0.2) is 28.7 Å². The highest BCUT2D eigenvalue weighted by atomic mass is 35.5. The highest BCUT2D eigenvalue weighted by molar-refractivity contribution is 7.07. The molecule has 7 heteroatoms. The van der Waals surface area contributed by atoms with Crippen molar-refractivity contribution in [3.63, 3.8) is 0 Å². The third-order valence-corrected chi connectivity index (χ3v) is 3.76. The first-order valence-electron chi connectivity index (χ1n) is 6.05. The average Bonchev–Trinajstić information content (AvgIpc) is 2.74. The van der Waals surface area contributed by atoms with Crippen molar-refractivity contribution in [2.24, 2.45) is 12.0 Å². The second-order valence-electron chi connectivity index (χ2n) is 4.00. The number of hydrogen-bond donors (Lipinski definition) is 0. The Morgan fingerprint density at radius 1 is 1.55 bits per heavy atom. The largest absolute Gasteiger partial charge is 0.466 e. The molecule has 0 aliphatic heterocycles. The van der Waals surface area contributed by atoms with Gasteiger partial charge in [0.15, 0.2) is 10.6 Å². The number of aromatic nitrogens is 2. The van der Waals surface area contributed by atoms with Gasteiger partial charge in [-0.2, -0.15) is 0 Å². The van der Waals surface area contributed by atoms with E-state index in [-0.39, 0.29) is 12.4 Å². The summed E-state index contributed by atoms with van der Waals surface area (Å²) in [4.78, 5) is 20.8. The van der Waals surface area contributed by atoms with Gasteiger partial charge in [0.05, 0.1) is 18.1 Å². The van der Waals surface area contributed by atoms with Crippen molar-refractivity contribution >= 4 is 34.7 Å². The van der Waals surface area contributed by atoms with Crippen molar-refractivity contribution < 1.29 is 9.53 Å². The molecule has 2 aromatic heterocycles. The molecule has 0 saturated heterocycles. The fourth-order valence-corrected chi connectivity index (χ4v) is 2.57. The van der Waals surface area contributed by atoms with Crippen LogP contribution in [-0.4, -0.2) is 22.1 Å². The zero-order chi connectivity index (χ0) is 14.5. The predicted molar refractivity (Wildman–Crippen MR) is 78.1 cm³/mol. The molecule has 5 nitrogen and oxygen atoms in total. The first-order chi connectivity index (χ1) is 9.60. The van der Waals surface area contributed by atoms with E-state index in [1.165, 1.54) is 11.3 Å². The fourth-order valence-electron chi connectivity index (χ4n) is 1.56. The summed E-state index contributed by atoms with van der Waals surface area (Å²) in [6.45, 7) is 2.18. The highest BCUT2D eigenvalue weighted by Gasteiger charge is 2.08. The lowest BCUT2D eigenvalue weighted by molar-refractivity contribution is -0.142. The standard InChI is InChI=1S/C13H14ClN3O2S/c1-3-19-12(18)6-10-8-20-13(17(10)2)16-11-5-4-9(14)7-15-11/h4-5,7-8H,3,6H2,1-2H3. The molecule has 0 N–H and O–H groups in total. The summed E-state index contributed by atoms with van der Waals surface area (Å²) < 4.78 is 6.80. The Morgan fingerprint density at radius 2 is 2.35 bits per heavy atom. The van der Waals surface area contributed by atoms with Crippen LogP contribution >= 0.6 is 22.9 Å². The number of halogens is 1. The second-order valence-corrected chi connectivity index (χ2v) is 5.27. The lowest BCUT2D eigenvalue weighted by atomic mass is 10.3. The summed E-state index contributed by atoms with van der Waals surface area (Å²) in [5, 5.41) is 2.47. The van der Waals surface area contributed by atoms with Crippen molar-refractivity contribution in [2.75, 3.05) is 6.61 Å². The van der Waals surface area contributed by atoms with Gasteiger partial charge in [0, 0.05) is 24.3 Å². The molecule has 0 radical (unpaired) electrons. The van der Waals surface area contributed by atoms with Gasteiger partial charge in [-0.05, 0) is 19.1 Å². The van der Waals surface area contributed by atoms with Gasteiger partial charge >= 0.3 is 5.97 Å². The third kappa shape index (κ3) is 3.68. The van der Waals surface area contributed by atoms with Crippen LogP contribution in [0.4, 0.5) is 5.82 Å². The maximum Gasteiger partial charge on any atom is 0.311 e. The van der Waals surface area contributed by atoms with Gasteiger partial charge in [0.25, 0.3) is 0 Å². The van der Waals surface area contributed by atoms with E-state index in [2.05, 4.69) is 9.98 Å². The van der Waals surface area contributed by atoms with E-state index in [1.54, 1.807) is 25.3 Å². The molecule has 0 aliphatic carbocycles. The SMILES string of the molecule is CCOC(=O)Cc1csc(=Nc2ccc(Cl)cn2)n1C. The Kier molecular flexibility index (Phi) is 4.92. The van der Waals surface area contributed by atoms with Crippen molar-refractivity contribution in [3.05, 3.63) is 39.2 Å². The summed E-state index contributed by atoms with van der Waals surface area (Å²) >= 11 is 7.23. The average molecular weight is 312 g/mol. The lowest BCUT2D eigenvalue weighted by Gasteiger charge is -2.02. The zero-order valence-electron chi connectivity index (χ0n) is 11.2. The summed E-state index contributed by atoms with van der Waals surface area (Å²) in [5.41, 5.74) is 0.862. The van der Waals surface area contributed by atoms with Gasteiger partial charge < -0.3 is 9.30 Å². The molecule has 2 aromatic rings. The molecule has 0 unspecified atom stereocenters.